The van der Waals surface area contributed by atoms with E-state index < -0.39 is 0 Å². The predicted octanol–water partition coefficient (Wildman–Crippen LogP) is 1.93. The van der Waals surface area contributed by atoms with E-state index >= 15 is 0 Å². The highest BCUT2D eigenvalue weighted by atomic mass is 16.5. The average Bonchev–Trinajstić information content (AvgIpc) is 2.18. The smallest absolute Gasteiger partial charge is 0.257 e. The van der Waals surface area contributed by atoms with E-state index in [1.165, 1.54) is 0 Å². The lowest BCUT2D eigenvalue weighted by Gasteiger charge is -2.26. The summed E-state index contributed by atoms with van der Waals surface area (Å²) in [6.45, 7) is 2.07. The number of rotatable bonds is 2. The molecule has 0 aliphatic carbocycles. The van der Waals surface area contributed by atoms with E-state index in [1.807, 2.05) is 18.2 Å². The number of carbonyl (C=O) groups is 1. The Bertz CT molecular complexity index is 349. The van der Waals surface area contributed by atoms with Gasteiger partial charge in [-0.3, -0.25) is 4.79 Å². The highest BCUT2D eigenvalue weighted by Crippen LogP contribution is 2.23. The van der Waals surface area contributed by atoms with Crippen molar-refractivity contribution in [1.82, 2.24) is 5.32 Å². The minimum Gasteiger partial charge on any atom is -0.470 e. The van der Waals surface area contributed by atoms with E-state index in [0.29, 0.717) is 11.3 Å². The Morgan fingerprint density at radius 2 is 2.21 bits per heavy atom. The van der Waals surface area contributed by atoms with Crippen molar-refractivity contribution in [3.63, 3.8) is 0 Å². The topological polar surface area (TPSA) is 38.3 Å². The van der Waals surface area contributed by atoms with Crippen molar-refractivity contribution in [2.24, 2.45) is 0 Å². The molecule has 0 radical (unpaired) electrons. The van der Waals surface area contributed by atoms with E-state index in [0.717, 1.165) is 12.8 Å². The van der Waals surface area contributed by atoms with Gasteiger partial charge in [-0.05, 0) is 12.1 Å². The number of hydrogen-bond donors (Lipinski definition) is 1. The van der Waals surface area contributed by atoms with Crippen LogP contribution < -0.4 is 10.1 Å². The Hall–Kier alpha value is -1.51. The van der Waals surface area contributed by atoms with E-state index in [9.17, 15) is 4.79 Å². The first kappa shape index (κ1) is 9.06. The lowest BCUT2D eigenvalue weighted by molar-refractivity contribution is 0.0739. The molecule has 0 spiro atoms. The highest BCUT2D eigenvalue weighted by Gasteiger charge is 2.23. The number of carbonyl (C=O) groups excluding carboxylic acids is 1. The second kappa shape index (κ2) is 3.70. The van der Waals surface area contributed by atoms with Crippen molar-refractivity contribution >= 4 is 5.91 Å². The first-order chi connectivity index (χ1) is 6.81. The summed E-state index contributed by atoms with van der Waals surface area (Å²) in [6, 6.07) is 7.31. The van der Waals surface area contributed by atoms with Gasteiger partial charge in [-0.2, -0.15) is 0 Å². The normalized spacial score (nSPS) is 19.5. The molecule has 1 aliphatic heterocycles. The summed E-state index contributed by atoms with van der Waals surface area (Å²) in [5.41, 5.74) is 0.625. The number of para-hydroxylation sites is 1. The van der Waals surface area contributed by atoms with Gasteiger partial charge in [-0.1, -0.05) is 25.5 Å². The van der Waals surface area contributed by atoms with Crippen LogP contribution in [0.15, 0.2) is 24.3 Å². The van der Waals surface area contributed by atoms with Crippen LogP contribution in [0.1, 0.15) is 30.1 Å². The maximum Gasteiger partial charge on any atom is 0.257 e. The summed E-state index contributed by atoms with van der Waals surface area (Å²) >= 11 is 0. The Morgan fingerprint density at radius 1 is 1.43 bits per heavy atom. The molecule has 0 saturated carbocycles. The van der Waals surface area contributed by atoms with Crippen LogP contribution in [-0.2, 0) is 0 Å². The Morgan fingerprint density at radius 3 is 3.00 bits per heavy atom. The molecule has 3 heteroatoms. The molecule has 0 aromatic heterocycles. The minimum absolute atomic E-state index is 0.0368. The molecule has 14 heavy (non-hydrogen) atoms. The molecule has 0 bridgehead atoms. The SMILES string of the molecule is CCCC1NC(=O)c2ccccc2O1. The Balaban J connectivity index is 2.24. The molecule has 0 saturated heterocycles. The first-order valence-corrected chi connectivity index (χ1v) is 4.88. The summed E-state index contributed by atoms with van der Waals surface area (Å²) < 4.78 is 5.61. The van der Waals surface area contributed by atoms with Gasteiger partial charge in [0.05, 0.1) is 5.56 Å². The van der Waals surface area contributed by atoms with Crippen LogP contribution >= 0.6 is 0 Å². The predicted molar refractivity (Wildman–Crippen MR) is 53.2 cm³/mol. The third-order valence-corrected chi connectivity index (χ3v) is 2.24. The number of hydrogen-bond acceptors (Lipinski definition) is 2. The van der Waals surface area contributed by atoms with Crippen LogP contribution in [0.25, 0.3) is 0 Å². The second-order valence-electron chi connectivity index (χ2n) is 3.36. The Kier molecular flexibility index (Phi) is 2.39. The van der Waals surface area contributed by atoms with Crippen molar-refractivity contribution in [2.45, 2.75) is 26.0 Å². The molecular formula is C11H13NO2. The average molecular weight is 191 g/mol. The van der Waals surface area contributed by atoms with Gasteiger partial charge in [0.15, 0.2) is 6.23 Å². The molecule has 1 heterocycles. The van der Waals surface area contributed by atoms with Crippen molar-refractivity contribution in [3.05, 3.63) is 29.8 Å². The van der Waals surface area contributed by atoms with E-state index in [4.69, 9.17) is 4.74 Å². The van der Waals surface area contributed by atoms with Crippen LogP contribution in [0.3, 0.4) is 0 Å². The number of amides is 1. The second-order valence-corrected chi connectivity index (χ2v) is 3.36. The molecule has 2 rings (SSSR count). The summed E-state index contributed by atoms with van der Waals surface area (Å²) in [6.07, 6.45) is 1.68. The molecule has 1 unspecified atom stereocenters. The maximum absolute atomic E-state index is 11.6. The van der Waals surface area contributed by atoms with Gasteiger partial charge in [0.25, 0.3) is 5.91 Å². The van der Waals surface area contributed by atoms with Crippen molar-refractivity contribution in [1.29, 1.82) is 0 Å². The first-order valence-electron chi connectivity index (χ1n) is 4.88. The molecule has 1 aliphatic rings. The van der Waals surface area contributed by atoms with Gasteiger partial charge in [0, 0.05) is 6.42 Å². The summed E-state index contributed by atoms with van der Waals surface area (Å²) in [4.78, 5) is 11.6. The van der Waals surface area contributed by atoms with Crippen molar-refractivity contribution in [2.75, 3.05) is 0 Å². The number of fused-ring (bicyclic) bond motifs is 1. The molecule has 1 N–H and O–H groups in total. The Labute approximate surface area is 83.1 Å². The fourth-order valence-electron chi connectivity index (χ4n) is 1.56. The van der Waals surface area contributed by atoms with Crippen molar-refractivity contribution < 1.29 is 9.53 Å². The third kappa shape index (κ3) is 1.58. The fourth-order valence-corrected chi connectivity index (χ4v) is 1.56. The molecule has 1 amide bonds. The van der Waals surface area contributed by atoms with Gasteiger partial charge in [0.1, 0.15) is 5.75 Å². The van der Waals surface area contributed by atoms with Gasteiger partial charge in [0.2, 0.25) is 0 Å². The largest absolute Gasteiger partial charge is 0.470 e. The maximum atomic E-state index is 11.6. The van der Waals surface area contributed by atoms with Crippen molar-refractivity contribution in [3.8, 4) is 5.75 Å². The third-order valence-electron chi connectivity index (χ3n) is 2.24. The zero-order valence-corrected chi connectivity index (χ0v) is 8.12. The van der Waals surface area contributed by atoms with E-state index in [2.05, 4.69) is 12.2 Å². The molecule has 1 aromatic rings. The number of nitrogens with one attached hydrogen (secondary N) is 1. The van der Waals surface area contributed by atoms with Gasteiger partial charge >= 0.3 is 0 Å². The highest BCUT2D eigenvalue weighted by molar-refractivity contribution is 5.97. The van der Waals surface area contributed by atoms with Crippen LogP contribution in [0.5, 0.6) is 5.75 Å². The van der Waals surface area contributed by atoms with Gasteiger partial charge in [-0.25, -0.2) is 0 Å². The monoisotopic (exact) mass is 191 g/mol. The standard InChI is InChI=1S/C11H13NO2/c1-2-5-10-12-11(13)8-6-3-4-7-9(8)14-10/h3-4,6-7,10H,2,5H2,1H3,(H,12,13). The lowest BCUT2D eigenvalue weighted by atomic mass is 10.1. The zero-order chi connectivity index (χ0) is 9.97. The number of benzene rings is 1. The quantitative estimate of drug-likeness (QED) is 0.775. The fraction of sp³-hybridized carbons (Fsp3) is 0.364. The molecule has 1 atom stereocenters. The summed E-state index contributed by atoms with van der Waals surface area (Å²) in [5.74, 6) is 0.653. The van der Waals surface area contributed by atoms with Crippen LogP contribution in [-0.4, -0.2) is 12.1 Å². The summed E-state index contributed by atoms with van der Waals surface area (Å²) in [5, 5.41) is 2.81. The van der Waals surface area contributed by atoms with Crippen LogP contribution in [0.2, 0.25) is 0 Å². The molecule has 0 fully saturated rings. The molecule has 1 aromatic carbocycles. The van der Waals surface area contributed by atoms with E-state index in [-0.39, 0.29) is 12.1 Å². The van der Waals surface area contributed by atoms with Crippen LogP contribution in [0, 0.1) is 0 Å². The van der Waals surface area contributed by atoms with Gasteiger partial charge < -0.3 is 10.1 Å². The number of ether oxygens (including phenoxy) is 1. The molecule has 3 nitrogen and oxygen atoms in total. The van der Waals surface area contributed by atoms with E-state index in [1.54, 1.807) is 6.07 Å². The molecule has 74 valence electrons. The van der Waals surface area contributed by atoms with Crippen LogP contribution in [0.4, 0.5) is 0 Å². The zero-order valence-electron chi connectivity index (χ0n) is 8.12. The summed E-state index contributed by atoms with van der Waals surface area (Å²) in [7, 11) is 0. The molecular weight excluding hydrogens is 178 g/mol. The van der Waals surface area contributed by atoms with Gasteiger partial charge in [-0.15, -0.1) is 0 Å². The minimum atomic E-state index is -0.164. The lowest BCUT2D eigenvalue weighted by Crippen LogP contribution is -2.43.